The zero-order valence-corrected chi connectivity index (χ0v) is 8.87. The lowest BCUT2D eigenvalue weighted by Crippen LogP contribution is -2.29. The molecule has 3 heteroatoms. The average molecular weight is 196 g/mol. The molecule has 0 aliphatic carbocycles. The Balaban J connectivity index is 4.42. The molecule has 0 aromatic carbocycles. The number of Topliss-reactive ketones (excluding diaryl/α,β-unsaturated/α-hetero) is 1. The molecule has 0 saturated heterocycles. The summed E-state index contributed by atoms with van der Waals surface area (Å²) >= 11 is 0. The minimum Gasteiger partial charge on any atom is -0.468 e. The SMILES string of the molecule is C#CCCC(C)C(C(C)=O)C(=O)OC. The van der Waals surface area contributed by atoms with Gasteiger partial charge in [0.1, 0.15) is 11.7 Å². The van der Waals surface area contributed by atoms with Gasteiger partial charge in [-0.05, 0) is 19.3 Å². The maximum atomic E-state index is 11.3. The van der Waals surface area contributed by atoms with E-state index >= 15 is 0 Å². The van der Waals surface area contributed by atoms with Crippen molar-refractivity contribution in [2.24, 2.45) is 11.8 Å². The van der Waals surface area contributed by atoms with Gasteiger partial charge in [0.25, 0.3) is 0 Å². The number of carbonyl (C=O) groups is 2. The first-order valence-corrected chi connectivity index (χ1v) is 4.56. The quantitative estimate of drug-likeness (QED) is 0.379. The van der Waals surface area contributed by atoms with Crippen LogP contribution in [0.3, 0.4) is 0 Å². The van der Waals surface area contributed by atoms with Gasteiger partial charge in [-0.3, -0.25) is 9.59 Å². The molecule has 0 spiro atoms. The average Bonchev–Trinajstić information content (AvgIpc) is 2.14. The zero-order valence-electron chi connectivity index (χ0n) is 8.87. The number of ether oxygens (including phenoxy) is 1. The van der Waals surface area contributed by atoms with Crippen molar-refractivity contribution >= 4 is 11.8 Å². The number of terminal acetylenes is 1. The minimum absolute atomic E-state index is 0.0593. The number of rotatable bonds is 5. The fraction of sp³-hybridized carbons (Fsp3) is 0.636. The second-order valence-corrected chi connectivity index (χ2v) is 3.33. The van der Waals surface area contributed by atoms with Gasteiger partial charge in [0, 0.05) is 6.42 Å². The maximum absolute atomic E-state index is 11.3. The number of hydrogen-bond acceptors (Lipinski definition) is 3. The molecule has 0 rings (SSSR count). The van der Waals surface area contributed by atoms with E-state index in [4.69, 9.17) is 6.42 Å². The van der Waals surface area contributed by atoms with Crippen LogP contribution in [-0.4, -0.2) is 18.9 Å². The number of carbonyl (C=O) groups excluding carboxylic acids is 2. The molecule has 0 amide bonds. The van der Waals surface area contributed by atoms with E-state index in [1.54, 1.807) is 0 Å². The third-order valence-corrected chi connectivity index (χ3v) is 2.21. The van der Waals surface area contributed by atoms with E-state index in [1.807, 2.05) is 6.92 Å². The molecule has 0 bridgehead atoms. The van der Waals surface area contributed by atoms with E-state index in [0.29, 0.717) is 12.8 Å². The lowest BCUT2D eigenvalue weighted by Gasteiger charge is -2.17. The van der Waals surface area contributed by atoms with Gasteiger partial charge < -0.3 is 4.74 Å². The zero-order chi connectivity index (χ0) is 11.1. The Morgan fingerprint density at radius 3 is 2.43 bits per heavy atom. The molecule has 0 heterocycles. The summed E-state index contributed by atoms with van der Waals surface area (Å²) in [5, 5.41) is 0. The molecule has 0 aromatic rings. The van der Waals surface area contributed by atoms with Crippen molar-refractivity contribution in [2.75, 3.05) is 7.11 Å². The summed E-state index contributed by atoms with van der Waals surface area (Å²) in [6.45, 7) is 3.23. The molecule has 0 aromatic heterocycles. The van der Waals surface area contributed by atoms with Gasteiger partial charge in [-0.1, -0.05) is 6.92 Å². The van der Waals surface area contributed by atoms with Crippen LogP contribution in [0.2, 0.25) is 0 Å². The standard InChI is InChI=1S/C11H16O3/c1-5-6-7-8(2)10(9(3)12)11(13)14-4/h1,8,10H,6-7H2,2-4H3. The lowest BCUT2D eigenvalue weighted by atomic mass is 9.87. The molecule has 2 unspecified atom stereocenters. The molecular formula is C11H16O3. The highest BCUT2D eigenvalue weighted by molar-refractivity contribution is 5.97. The van der Waals surface area contributed by atoms with Gasteiger partial charge in [0.2, 0.25) is 0 Å². The van der Waals surface area contributed by atoms with E-state index in [-0.39, 0.29) is 11.7 Å². The molecule has 2 atom stereocenters. The largest absolute Gasteiger partial charge is 0.468 e. The fourth-order valence-corrected chi connectivity index (χ4v) is 1.40. The van der Waals surface area contributed by atoms with Crippen molar-refractivity contribution in [3.8, 4) is 12.3 Å². The van der Waals surface area contributed by atoms with Gasteiger partial charge in [0.05, 0.1) is 7.11 Å². The van der Waals surface area contributed by atoms with Crippen LogP contribution in [0.1, 0.15) is 26.7 Å². The summed E-state index contributed by atoms with van der Waals surface area (Å²) in [4.78, 5) is 22.5. The van der Waals surface area contributed by atoms with Crippen LogP contribution in [-0.2, 0) is 14.3 Å². The van der Waals surface area contributed by atoms with Crippen LogP contribution in [0.4, 0.5) is 0 Å². The van der Waals surface area contributed by atoms with Crippen LogP contribution in [0.25, 0.3) is 0 Å². The topological polar surface area (TPSA) is 43.4 Å². The van der Waals surface area contributed by atoms with E-state index in [2.05, 4.69) is 10.7 Å². The van der Waals surface area contributed by atoms with E-state index in [9.17, 15) is 9.59 Å². The third-order valence-electron chi connectivity index (χ3n) is 2.21. The third kappa shape index (κ3) is 3.61. The summed E-state index contributed by atoms with van der Waals surface area (Å²) in [5.74, 6) is 1.12. The van der Waals surface area contributed by atoms with Gasteiger partial charge >= 0.3 is 5.97 Å². The molecule has 0 radical (unpaired) electrons. The van der Waals surface area contributed by atoms with Crippen LogP contribution < -0.4 is 0 Å². The molecule has 0 N–H and O–H groups in total. The molecule has 0 aliphatic rings. The van der Waals surface area contributed by atoms with Crippen LogP contribution >= 0.6 is 0 Å². The summed E-state index contributed by atoms with van der Waals surface area (Å²) in [6.07, 6.45) is 6.34. The number of esters is 1. The highest BCUT2D eigenvalue weighted by Gasteiger charge is 2.29. The van der Waals surface area contributed by atoms with Gasteiger partial charge in [-0.25, -0.2) is 0 Å². The van der Waals surface area contributed by atoms with Crippen LogP contribution in [0.5, 0.6) is 0 Å². The smallest absolute Gasteiger partial charge is 0.316 e. The number of ketones is 1. The Labute approximate surface area is 84.8 Å². The Bertz CT molecular complexity index is 250. The summed E-state index contributed by atoms with van der Waals surface area (Å²) in [7, 11) is 1.28. The highest BCUT2D eigenvalue weighted by Crippen LogP contribution is 2.19. The van der Waals surface area contributed by atoms with E-state index in [0.717, 1.165) is 0 Å². The Morgan fingerprint density at radius 1 is 1.50 bits per heavy atom. The highest BCUT2D eigenvalue weighted by atomic mass is 16.5. The van der Waals surface area contributed by atoms with Crippen molar-refractivity contribution < 1.29 is 14.3 Å². The van der Waals surface area contributed by atoms with Gasteiger partial charge in [-0.15, -0.1) is 12.3 Å². The van der Waals surface area contributed by atoms with Crippen molar-refractivity contribution in [2.45, 2.75) is 26.7 Å². The molecular weight excluding hydrogens is 180 g/mol. The van der Waals surface area contributed by atoms with Gasteiger partial charge in [0.15, 0.2) is 0 Å². The summed E-state index contributed by atoms with van der Waals surface area (Å²) in [5.41, 5.74) is 0. The second kappa shape index (κ2) is 6.20. The van der Waals surface area contributed by atoms with Crippen LogP contribution in [0, 0.1) is 24.2 Å². The van der Waals surface area contributed by atoms with E-state index in [1.165, 1.54) is 14.0 Å². The van der Waals surface area contributed by atoms with Crippen molar-refractivity contribution in [1.29, 1.82) is 0 Å². The summed E-state index contributed by atoms with van der Waals surface area (Å²) in [6, 6.07) is 0. The molecule has 78 valence electrons. The van der Waals surface area contributed by atoms with Crippen molar-refractivity contribution in [1.82, 2.24) is 0 Å². The molecule has 0 saturated carbocycles. The van der Waals surface area contributed by atoms with Crippen molar-refractivity contribution in [3.63, 3.8) is 0 Å². The Morgan fingerprint density at radius 2 is 2.07 bits per heavy atom. The molecule has 0 fully saturated rings. The molecule has 14 heavy (non-hydrogen) atoms. The van der Waals surface area contributed by atoms with Gasteiger partial charge in [-0.2, -0.15) is 0 Å². The summed E-state index contributed by atoms with van der Waals surface area (Å²) < 4.78 is 4.56. The van der Waals surface area contributed by atoms with Crippen LogP contribution in [0.15, 0.2) is 0 Å². The normalized spacial score (nSPS) is 13.9. The Hall–Kier alpha value is -1.30. The number of methoxy groups -OCH3 is 1. The fourth-order valence-electron chi connectivity index (χ4n) is 1.40. The first-order chi connectivity index (χ1) is 6.54. The minimum atomic E-state index is -0.673. The Kier molecular flexibility index (Phi) is 5.62. The predicted octanol–water partition coefficient (Wildman–Crippen LogP) is 1.41. The monoisotopic (exact) mass is 196 g/mol. The first-order valence-electron chi connectivity index (χ1n) is 4.56. The molecule has 3 nitrogen and oxygen atoms in total. The molecule has 0 aliphatic heterocycles. The number of hydrogen-bond donors (Lipinski definition) is 0. The maximum Gasteiger partial charge on any atom is 0.316 e. The lowest BCUT2D eigenvalue weighted by molar-refractivity contribution is -0.151. The van der Waals surface area contributed by atoms with Crippen molar-refractivity contribution in [3.05, 3.63) is 0 Å². The first kappa shape index (κ1) is 12.7. The van der Waals surface area contributed by atoms with E-state index < -0.39 is 11.9 Å². The second-order valence-electron chi connectivity index (χ2n) is 3.33. The predicted molar refractivity (Wildman–Crippen MR) is 53.4 cm³/mol.